The molecule has 1 aromatic rings. The van der Waals surface area contributed by atoms with E-state index in [1.165, 1.54) is 6.07 Å². The monoisotopic (exact) mass is 307 g/mol. The summed E-state index contributed by atoms with van der Waals surface area (Å²) in [5.41, 5.74) is 0.655. The summed E-state index contributed by atoms with van der Waals surface area (Å²) in [6.45, 7) is 7.87. The Morgan fingerprint density at radius 1 is 1.37 bits per heavy atom. The molecular formula is C12H19Cl2N3O2. The lowest BCUT2D eigenvalue weighted by molar-refractivity contribution is -0.384. The van der Waals surface area contributed by atoms with Gasteiger partial charge in [0.1, 0.15) is 5.02 Å². The average molecular weight is 308 g/mol. The van der Waals surface area contributed by atoms with Crippen molar-refractivity contribution in [3.8, 4) is 0 Å². The van der Waals surface area contributed by atoms with Crippen molar-refractivity contribution in [2.24, 2.45) is 0 Å². The van der Waals surface area contributed by atoms with Gasteiger partial charge in [-0.2, -0.15) is 0 Å². The second-order valence-corrected chi connectivity index (χ2v) is 4.28. The molecule has 0 aliphatic heterocycles. The fourth-order valence-corrected chi connectivity index (χ4v) is 1.85. The lowest BCUT2D eigenvalue weighted by Crippen LogP contribution is -2.28. The lowest BCUT2D eigenvalue weighted by Gasteiger charge is -2.18. The van der Waals surface area contributed by atoms with E-state index in [4.69, 9.17) is 11.6 Å². The highest BCUT2D eigenvalue weighted by Gasteiger charge is 2.12. The molecule has 0 aliphatic carbocycles. The predicted molar refractivity (Wildman–Crippen MR) is 81.6 cm³/mol. The number of nitrogens with zero attached hydrogens (tertiary/aromatic N) is 2. The molecule has 0 aromatic heterocycles. The minimum absolute atomic E-state index is 0. The van der Waals surface area contributed by atoms with Crippen LogP contribution in [0.15, 0.2) is 18.2 Å². The van der Waals surface area contributed by atoms with Crippen LogP contribution in [-0.2, 0) is 0 Å². The van der Waals surface area contributed by atoms with Crippen LogP contribution in [0.5, 0.6) is 0 Å². The van der Waals surface area contributed by atoms with Crippen molar-refractivity contribution in [3.63, 3.8) is 0 Å². The molecule has 0 unspecified atom stereocenters. The van der Waals surface area contributed by atoms with Gasteiger partial charge in [0, 0.05) is 24.8 Å². The van der Waals surface area contributed by atoms with Gasteiger partial charge in [-0.15, -0.1) is 12.4 Å². The minimum Gasteiger partial charge on any atom is -0.384 e. The average Bonchev–Trinajstić information content (AvgIpc) is 2.36. The quantitative estimate of drug-likeness (QED) is 0.619. The van der Waals surface area contributed by atoms with Crippen LogP contribution < -0.4 is 5.32 Å². The highest BCUT2D eigenvalue weighted by Crippen LogP contribution is 2.27. The fraction of sp³-hybridized carbons (Fsp3) is 0.500. The zero-order chi connectivity index (χ0) is 13.5. The van der Waals surface area contributed by atoms with Crippen molar-refractivity contribution in [1.29, 1.82) is 0 Å². The summed E-state index contributed by atoms with van der Waals surface area (Å²) < 4.78 is 0. The zero-order valence-corrected chi connectivity index (χ0v) is 12.6. The lowest BCUT2D eigenvalue weighted by atomic mass is 10.3. The molecule has 0 amide bonds. The zero-order valence-electron chi connectivity index (χ0n) is 11.1. The topological polar surface area (TPSA) is 58.4 Å². The van der Waals surface area contributed by atoms with Crippen molar-refractivity contribution in [3.05, 3.63) is 33.3 Å². The summed E-state index contributed by atoms with van der Waals surface area (Å²) in [5, 5.41) is 14.1. The summed E-state index contributed by atoms with van der Waals surface area (Å²) in [4.78, 5) is 12.5. The third-order valence-corrected chi connectivity index (χ3v) is 3.11. The molecule has 0 heterocycles. The van der Waals surface area contributed by atoms with Gasteiger partial charge in [-0.3, -0.25) is 10.1 Å². The number of nitrogens with one attached hydrogen (secondary N) is 1. The van der Waals surface area contributed by atoms with Crippen molar-refractivity contribution >= 4 is 35.4 Å². The molecule has 0 fully saturated rings. The molecule has 0 bridgehead atoms. The van der Waals surface area contributed by atoms with Crippen molar-refractivity contribution in [2.75, 3.05) is 31.5 Å². The van der Waals surface area contributed by atoms with E-state index < -0.39 is 4.92 Å². The molecule has 0 saturated heterocycles. The standard InChI is InChI=1S/C12H18ClN3O2.ClH/c1-3-15(4-2)8-7-14-10-5-6-11(13)12(9-10)16(17)18;/h5-6,9,14H,3-4,7-8H2,1-2H3;1H. The van der Waals surface area contributed by atoms with Gasteiger partial charge < -0.3 is 10.2 Å². The summed E-state index contributed by atoms with van der Waals surface area (Å²) in [5.74, 6) is 0. The van der Waals surface area contributed by atoms with Crippen molar-refractivity contribution < 1.29 is 4.92 Å². The van der Waals surface area contributed by atoms with Gasteiger partial charge in [-0.1, -0.05) is 25.4 Å². The highest BCUT2D eigenvalue weighted by atomic mass is 35.5. The SMILES string of the molecule is CCN(CC)CCNc1ccc(Cl)c([N+](=O)[O-])c1.Cl. The summed E-state index contributed by atoms with van der Waals surface area (Å²) in [7, 11) is 0. The number of likely N-dealkylation sites (N-methyl/N-ethyl adjacent to an activating group) is 1. The van der Waals surface area contributed by atoms with E-state index in [1.807, 2.05) is 0 Å². The van der Waals surface area contributed by atoms with Gasteiger partial charge in [0.2, 0.25) is 0 Å². The van der Waals surface area contributed by atoms with E-state index in [0.717, 1.165) is 31.9 Å². The molecule has 0 aliphatic rings. The van der Waals surface area contributed by atoms with Crippen LogP contribution >= 0.6 is 24.0 Å². The molecule has 0 saturated carbocycles. The van der Waals surface area contributed by atoms with E-state index in [-0.39, 0.29) is 23.1 Å². The first-order chi connectivity index (χ1) is 8.58. The number of nitro benzene ring substituents is 1. The van der Waals surface area contributed by atoms with Crippen LogP contribution in [0.1, 0.15) is 13.8 Å². The number of hydrogen-bond acceptors (Lipinski definition) is 4. The van der Waals surface area contributed by atoms with E-state index in [2.05, 4.69) is 24.1 Å². The van der Waals surface area contributed by atoms with Gasteiger partial charge in [-0.05, 0) is 25.2 Å². The summed E-state index contributed by atoms with van der Waals surface area (Å²) >= 11 is 5.74. The second-order valence-electron chi connectivity index (χ2n) is 3.88. The maximum Gasteiger partial charge on any atom is 0.289 e. The Balaban J connectivity index is 0.00000324. The highest BCUT2D eigenvalue weighted by molar-refractivity contribution is 6.32. The predicted octanol–water partition coefficient (Wildman–Crippen LogP) is 3.42. The third kappa shape index (κ3) is 5.63. The van der Waals surface area contributed by atoms with Gasteiger partial charge in [0.25, 0.3) is 5.69 Å². The molecule has 1 aromatic carbocycles. The number of benzene rings is 1. The molecule has 19 heavy (non-hydrogen) atoms. The number of anilines is 1. The Morgan fingerprint density at radius 2 is 2.00 bits per heavy atom. The molecule has 108 valence electrons. The third-order valence-electron chi connectivity index (χ3n) is 2.79. The molecular weight excluding hydrogens is 289 g/mol. The van der Waals surface area contributed by atoms with E-state index in [1.54, 1.807) is 12.1 Å². The molecule has 0 spiro atoms. The van der Waals surface area contributed by atoms with Crippen molar-refractivity contribution in [1.82, 2.24) is 4.90 Å². The summed E-state index contributed by atoms with van der Waals surface area (Å²) in [6, 6.07) is 4.75. The maximum atomic E-state index is 10.7. The van der Waals surface area contributed by atoms with Crippen LogP contribution in [0.2, 0.25) is 5.02 Å². The first-order valence-corrected chi connectivity index (χ1v) is 6.36. The Labute approximate surface area is 124 Å². The van der Waals surface area contributed by atoms with Gasteiger partial charge in [0.15, 0.2) is 0 Å². The van der Waals surface area contributed by atoms with Gasteiger partial charge in [-0.25, -0.2) is 0 Å². The molecule has 1 N–H and O–H groups in total. The van der Waals surface area contributed by atoms with Crippen molar-refractivity contribution in [2.45, 2.75) is 13.8 Å². The first-order valence-electron chi connectivity index (χ1n) is 5.98. The molecule has 1 rings (SSSR count). The summed E-state index contributed by atoms with van der Waals surface area (Å²) in [6.07, 6.45) is 0. The molecule has 7 heteroatoms. The number of halogens is 2. The normalized spacial score (nSPS) is 10.1. The van der Waals surface area contributed by atoms with E-state index >= 15 is 0 Å². The van der Waals surface area contributed by atoms with Crippen LogP contribution in [0.25, 0.3) is 0 Å². The largest absolute Gasteiger partial charge is 0.384 e. The Hall–Kier alpha value is -1.04. The van der Waals surface area contributed by atoms with Gasteiger partial charge >= 0.3 is 0 Å². The maximum absolute atomic E-state index is 10.7. The van der Waals surface area contributed by atoms with E-state index in [9.17, 15) is 10.1 Å². The van der Waals surface area contributed by atoms with Crippen LogP contribution in [-0.4, -0.2) is 36.0 Å². The Morgan fingerprint density at radius 3 is 2.53 bits per heavy atom. The van der Waals surface area contributed by atoms with E-state index in [0.29, 0.717) is 0 Å². The first kappa shape index (κ1) is 18.0. The second kappa shape index (κ2) is 8.96. The minimum atomic E-state index is -0.474. The number of nitro groups is 1. The molecule has 0 radical (unpaired) electrons. The number of rotatable bonds is 7. The van der Waals surface area contributed by atoms with Crippen LogP contribution in [0.4, 0.5) is 11.4 Å². The van der Waals surface area contributed by atoms with Crippen LogP contribution in [0, 0.1) is 10.1 Å². The Kier molecular flexibility index (Phi) is 8.47. The van der Waals surface area contributed by atoms with Gasteiger partial charge in [0.05, 0.1) is 4.92 Å². The van der Waals surface area contributed by atoms with Crippen LogP contribution in [0.3, 0.4) is 0 Å². The number of hydrogen-bond donors (Lipinski definition) is 1. The molecule has 0 atom stereocenters. The Bertz CT molecular complexity index is 412. The fourth-order valence-electron chi connectivity index (χ4n) is 1.66. The molecule has 5 nitrogen and oxygen atoms in total. The smallest absolute Gasteiger partial charge is 0.289 e.